The first-order valence-electron chi connectivity index (χ1n) is 10.1. The number of aliphatic hydroxyl groups is 2. The molecule has 0 amide bonds. The van der Waals surface area contributed by atoms with Crippen LogP contribution in [0.2, 0.25) is 5.15 Å². The molecule has 1 saturated heterocycles. The van der Waals surface area contributed by atoms with Crippen LogP contribution in [0.15, 0.2) is 6.20 Å². The SMILES string of the molecule is N#Cc1c(Cl)nc2c(c(F)cn2[C@@H]2O[C@H](COCP(=O)(O)O)[C@@H](O)[C@H]2O)c1CC1CC(F)(F)C1. The Balaban J connectivity index is 1.66. The summed E-state index contributed by atoms with van der Waals surface area (Å²) in [6.45, 7) is -0.477. The van der Waals surface area contributed by atoms with E-state index in [0.29, 0.717) is 0 Å². The predicted molar refractivity (Wildman–Crippen MR) is 110 cm³/mol. The standard InChI is InChI=1S/C19H20ClF3N3O7P/c20-16-10(4-24)9(1-8-2-19(22,23)3-8)13-11(21)5-26(17(13)25-16)18-15(28)14(27)12(33-18)6-32-7-34(29,30)31/h5,8,12,14-15,18,27-28H,1-3,6-7H2,(H2,29,30,31)/t12-,14-,15-,18-/m1/s1. The highest BCUT2D eigenvalue weighted by Crippen LogP contribution is 2.46. The summed E-state index contributed by atoms with van der Waals surface area (Å²) in [4.78, 5) is 21.8. The number of hydrogen-bond donors (Lipinski definition) is 4. The van der Waals surface area contributed by atoms with E-state index < -0.39 is 75.6 Å². The van der Waals surface area contributed by atoms with E-state index in [1.54, 1.807) is 0 Å². The summed E-state index contributed by atoms with van der Waals surface area (Å²) in [6, 6.07) is 1.84. The van der Waals surface area contributed by atoms with E-state index in [1.165, 1.54) is 0 Å². The summed E-state index contributed by atoms with van der Waals surface area (Å²) in [5.74, 6) is -4.16. The minimum Gasteiger partial charge on any atom is -0.387 e. The summed E-state index contributed by atoms with van der Waals surface area (Å²) in [5.41, 5.74) is -0.155. The molecule has 0 unspecified atom stereocenters. The van der Waals surface area contributed by atoms with Gasteiger partial charge in [-0.2, -0.15) is 5.26 Å². The number of nitrogens with zero attached hydrogens (tertiary/aromatic N) is 3. The van der Waals surface area contributed by atoms with Crippen LogP contribution in [0.4, 0.5) is 13.2 Å². The van der Waals surface area contributed by atoms with Gasteiger partial charge < -0.3 is 34.0 Å². The quantitative estimate of drug-likeness (QED) is 0.313. The van der Waals surface area contributed by atoms with Crippen LogP contribution in [0.3, 0.4) is 0 Å². The monoisotopic (exact) mass is 525 g/mol. The van der Waals surface area contributed by atoms with Crippen LogP contribution >= 0.6 is 19.2 Å². The molecule has 1 aliphatic carbocycles. The highest BCUT2D eigenvalue weighted by atomic mass is 35.5. The molecule has 1 saturated carbocycles. The first-order chi connectivity index (χ1) is 15.8. The molecule has 0 aromatic carbocycles. The Bertz CT molecular complexity index is 1190. The predicted octanol–water partition coefficient (Wildman–Crippen LogP) is 2.06. The number of pyridine rings is 1. The molecule has 186 valence electrons. The van der Waals surface area contributed by atoms with Crippen molar-refractivity contribution in [3.63, 3.8) is 0 Å². The average Bonchev–Trinajstić information content (AvgIpc) is 3.16. The van der Waals surface area contributed by atoms with E-state index in [0.717, 1.165) is 10.8 Å². The summed E-state index contributed by atoms with van der Waals surface area (Å²) in [5, 5.41) is 29.8. The van der Waals surface area contributed by atoms with Gasteiger partial charge in [0.25, 0.3) is 0 Å². The van der Waals surface area contributed by atoms with E-state index in [9.17, 15) is 28.8 Å². The maximum Gasteiger partial charge on any atom is 0.350 e. The van der Waals surface area contributed by atoms with Gasteiger partial charge >= 0.3 is 7.60 Å². The second-order valence-corrected chi connectivity index (χ2v) is 10.4. The van der Waals surface area contributed by atoms with Crippen molar-refractivity contribution in [2.75, 3.05) is 13.0 Å². The van der Waals surface area contributed by atoms with Crippen LogP contribution in [0.5, 0.6) is 0 Å². The summed E-state index contributed by atoms with van der Waals surface area (Å²) >= 11 is 6.14. The molecule has 2 aliphatic rings. The fraction of sp³-hybridized carbons (Fsp3) is 0.579. The largest absolute Gasteiger partial charge is 0.387 e. The third-order valence-corrected chi connectivity index (χ3v) is 6.70. The molecule has 34 heavy (non-hydrogen) atoms. The van der Waals surface area contributed by atoms with Gasteiger partial charge in [-0.3, -0.25) is 4.57 Å². The second kappa shape index (κ2) is 9.04. The number of rotatable bonds is 7. The normalized spacial score (nSPS) is 27.1. The van der Waals surface area contributed by atoms with Crippen LogP contribution in [0.25, 0.3) is 11.0 Å². The van der Waals surface area contributed by atoms with Crippen molar-refractivity contribution in [2.45, 2.75) is 49.7 Å². The van der Waals surface area contributed by atoms with Gasteiger partial charge in [-0.05, 0) is 17.9 Å². The molecule has 4 N–H and O–H groups in total. The molecule has 0 spiro atoms. The zero-order chi connectivity index (χ0) is 25.0. The van der Waals surface area contributed by atoms with Gasteiger partial charge in [-0.15, -0.1) is 0 Å². The van der Waals surface area contributed by atoms with E-state index in [-0.39, 0.29) is 33.7 Å². The zero-order valence-electron chi connectivity index (χ0n) is 17.3. The molecular weight excluding hydrogens is 506 g/mol. The topological polar surface area (TPSA) is 158 Å². The minimum atomic E-state index is -4.47. The maximum absolute atomic E-state index is 15.1. The summed E-state index contributed by atoms with van der Waals surface area (Å²) in [7, 11) is -4.47. The Kier molecular flexibility index (Phi) is 6.74. The highest BCUT2D eigenvalue weighted by molar-refractivity contribution is 7.51. The van der Waals surface area contributed by atoms with Crippen LogP contribution in [0, 0.1) is 23.1 Å². The molecule has 0 radical (unpaired) electrons. The smallest absolute Gasteiger partial charge is 0.350 e. The van der Waals surface area contributed by atoms with Crippen molar-refractivity contribution in [1.29, 1.82) is 5.26 Å². The highest BCUT2D eigenvalue weighted by Gasteiger charge is 2.47. The van der Waals surface area contributed by atoms with Gasteiger partial charge in [0, 0.05) is 19.0 Å². The summed E-state index contributed by atoms with van der Waals surface area (Å²) in [6.07, 6.45) is -6.61. The van der Waals surface area contributed by atoms with Gasteiger partial charge in [0.15, 0.2) is 12.0 Å². The van der Waals surface area contributed by atoms with Crippen molar-refractivity contribution in [1.82, 2.24) is 9.55 Å². The number of ether oxygens (including phenoxy) is 2. The number of halogens is 4. The molecule has 4 atom stereocenters. The molecule has 2 aromatic rings. The molecule has 0 bridgehead atoms. The lowest BCUT2D eigenvalue weighted by atomic mass is 9.76. The Hall–Kier alpha value is -1.75. The number of hydrogen-bond acceptors (Lipinski definition) is 7. The molecule has 2 aromatic heterocycles. The van der Waals surface area contributed by atoms with E-state index in [4.69, 9.17) is 30.9 Å². The third kappa shape index (κ3) is 4.82. The van der Waals surface area contributed by atoms with Crippen molar-refractivity contribution >= 4 is 30.2 Å². The van der Waals surface area contributed by atoms with Crippen LogP contribution < -0.4 is 0 Å². The van der Waals surface area contributed by atoms with Crippen molar-refractivity contribution < 1.29 is 47.2 Å². The Morgan fingerprint density at radius 3 is 2.62 bits per heavy atom. The number of aromatic nitrogens is 2. The zero-order valence-corrected chi connectivity index (χ0v) is 19.0. The number of aliphatic hydroxyl groups excluding tert-OH is 2. The Labute approximate surface area is 195 Å². The summed E-state index contributed by atoms with van der Waals surface area (Å²) < 4.78 is 64.1. The van der Waals surface area contributed by atoms with Crippen LogP contribution in [0.1, 0.15) is 30.2 Å². The van der Waals surface area contributed by atoms with Gasteiger partial charge in [0.1, 0.15) is 41.5 Å². The van der Waals surface area contributed by atoms with Crippen molar-refractivity contribution in [3.05, 3.63) is 28.3 Å². The molecule has 10 nitrogen and oxygen atoms in total. The Morgan fingerprint density at radius 1 is 1.35 bits per heavy atom. The van der Waals surface area contributed by atoms with Crippen molar-refractivity contribution in [3.8, 4) is 6.07 Å². The molecule has 2 fully saturated rings. The second-order valence-electron chi connectivity index (χ2n) is 8.50. The molecular formula is C19H20ClF3N3O7P. The van der Waals surface area contributed by atoms with Gasteiger partial charge in [0.2, 0.25) is 5.92 Å². The number of nitriles is 1. The fourth-order valence-corrected chi connectivity index (χ4v) is 4.97. The average molecular weight is 526 g/mol. The third-order valence-electron chi connectivity index (χ3n) is 5.91. The van der Waals surface area contributed by atoms with Crippen molar-refractivity contribution in [2.24, 2.45) is 5.92 Å². The lowest BCUT2D eigenvalue weighted by Crippen LogP contribution is -2.36. The van der Waals surface area contributed by atoms with E-state index in [2.05, 4.69) is 4.98 Å². The molecule has 1 aliphatic heterocycles. The first kappa shape index (κ1) is 25.3. The van der Waals surface area contributed by atoms with Gasteiger partial charge in [0.05, 0.1) is 17.6 Å². The minimum absolute atomic E-state index is 0.0340. The fourth-order valence-electron chi connectivity index (χ4n) is 4.39. The molecule has 4 rings (SSSR count). The lowest BCUT2D eigenvalue weighted by molar-refractivity contribution is -0.109. The number of alkyl halides is 2. The van der Waals surface area contributed by atoms with E-state index in [1.807, 2.05) is 6.07 Å². The van der Waals surface area contributed by atoms with E-state index >= 15 is 4.39 Å². The van der Waals surface area contributed by atoms with Gasteiger partial charge in [-0.25, -0.2) is 18.2 Å². The Morgan fingerprint density at radius 2 is 2.03 bits per heavy atom. The molecule has 15 heteroatoms. The first-order valence-corrected chi connectivity index (χ1v) is 12.3. The van der Waals surface area contributed by atoms with Gasteiger partial charge in [-0.1, -0.05) is 11.6 Å². The maximum atomic E-state index is 15.1. The molecule has 3 heterocycles. The number of fused-ring (bicyclic) bond motifs is 1. The van der Waals surface area contributed by atoms with Crippen LogP contribution in [-0.2, 0) is 20.5 Å². The van der Waals surface area contributed by atoms with Crippen LogP contribution in [-0.4, -0.2) is 66.7 Å². The lowest BCUT2D eigenvalue weighted by Gasteiger charge is -2.35.